The van der Waals surface area contributed by atoms with Crippen molar-refractivity contribution in [2.24, 2.45) is 0 Å². The van der Waals surface area contributed by atoms with E-state index < -0.39 is 6.10 Å². The third-order valence-electron chi connectivity index (χ3n) is 6.69. The molecule has 1 unspecified atom stereocenters. The number of aliphatic hydroxyl groups excluding tert-OH is 1. The molecule has 1 amide bonds. The Labute approximate surface area is 216 Å². The van der Waals surface area contributed by atoms with Gasteiger partial charge in [0.05, 0.1) is 11.8 Å². The largest absolute Gasteiger partial charge is 0.387 e. The molecule has 2 aromatic heterocycles. The van der Waals surface area contributed by atoms with Crippen LogP contribution < -0.4 is 20.9 Å². The summed E-state index contributed by atoms with van der Waals surface area (Å²) in [6, 6.07) is 11.9. The summed E-state index contributed by atoms with van der Waals surface area (Å²) < 4.78 is 0. The van der Waals surface area contributed by atoms with Crippen LogP contribution in [-0.2, 0) is 6.42 Å². The van der Waals surface area contributed by atoms with Crippen LogP contribution in [0.25, 0.3) is 0 Å². The number of nitrogens with one attached hydrogen (secondary N) is 3. The van der Waals surface area contributed by atoms with Crippen LogP contribution in [-0.4, -0.2) is 70.6 Å². The van der Waals surface area contributed by atoms with E-state index >= 15 is 0 Å². The quantitative estimate of drug-likeness (QED) is 0.346. The number of piperazine rings is 1. The van der Waals surface area contributed by atoms with Crippen LogP contribution in [0, 0.1) is 0 Å². The van der Waals surface area contributed by atoms with Gasteiger partial charge >= 0.3 is 0 Å². The number of carbonyl (C=O) groups excluding carboxylic acids is 1. The molecule has 0 spiro atoms. The van der Waals surface area contributed by atoms with Crippen molar-refractivity contribution in [3.05, 3.63) is 72.1 Å². The highest BCUT2D eigenvalue weighted by molar-refractivity contribution is 5.99. The van der Waals surface area contributed by atoms with Gasteiger partial charge in [0.25, 0.3) is 5.91 Å². The molecule has 37 heavy (non-hydrogen) atoms. The fourth-order valence-corrected chi connectivity index (χ4v) is 4.54. The summed E-state index contributed by atoms with van der Waals surface area (Å²) in [6.07, 6.45) is 3.97. The number of anilines is 5. The average molecular weight is 501 g/mol. The highest BCUT2D eigenvalue weighted by Gasteiger charge is 2.23. The van der Waals surface area contributed by atoms with Crippen molar-refractivity contribution in [3.8, 4) is 0 Å². The number of benzene rings is 1. The molecule has 0 radical (unpaired) electrons. The van der Waals surface area contributed by atoms with E-state index in [2.05, 4.69) is 66.5 Å². The SMILES string of the molecule is C=CCNC(=O)c1cnc(Nc2ccc(N3CCN(C)CC3)cc2)nc1Nc1ccc2c(n1)C(O)CC2. The van der Waals surface area contributed by atoms with E-state index in [0.29, 0.717) is 36.2 Å². The topological polar surface area (TPSA) is 119 Å². The van der Waals surface area contributed by atoms with Crippen molar-refractivity contribution in [1.29, 1.82) is 0 Å². The van der Waals surface area contributed by atoms with Gasteiger partial charge in [0, 0.05) is 50.3 Å². The van der Waals surface area contributed by atoms with Crippen molar-refractivity contribution in [2.75, 3.05) is 55.3 Å². The molecule has 1 aliphatic heterocycles. The molecular weight excluding hydrogens is 468 g/mol. The molecule has 4 N–H and O–H groups in total. The normalized spacial score (nSPS) is 17.2. The van der Waals surface area contributed by atoms with Crippen molar-refractivity contribution >= 4 is 34.9 Å². The van der Waals surface area contributed by atoms with Crippen LogP contribution in [0.15, 0.2) is 55.3 Å². The molecule has 1 aromatic carbocycles. The molecule has 3 heterocycles. The van der Waals surface area contributed by atoms with Gasteiger partial charge in [0.15, 0.2) is 0 Å². The van der Waals surface area contributed by atoms with Gasteiger partial charge in [-0.15, -0.1) is 6.58 Å². The van der Waals surface area contributed by atoms with Gasteiger partial charge in [0.1, 0.15) is 17.2 Å². The lowest BCUT2D eigenvalue weighted by Gasteiger charge is -2.34. The molecule has 192 valence electrons. The summed E-state index contributed by atoms with van der Waals surface area (Å²) in [4.78, 5) is 31.0. The molecule has 3 aromatic rings. The second-order valence-electron chi connectivity index (χ2n) is 9.34. The lowest BCUT2D eigenvalue weighted by atomic mass is 10.2. The highest BCUT2D eigenvalue weighted by atomic mass is 16.3. The van der Waals surface area contributed by atoms with Crippen LogP contribution in [0.1, 0.15) is 34.1 Å². The molecule has 2 aliphatic rings. The molecule has 0 bridgehead atoms. The van der Waals surface area contributed by atoms with Crippen molar-refractivity contribution in [1.82, 2.24) is 25.2 Å². The lowest BCUT2D eigenvalue weighted by Crippen LogP contribution is -2.44. The third-order valence-corrected chi connectivity index (χ3v) is 6.69. The Morgan fingerprint density at radius 1 is 1.11 bits per heavy atom. The molecule has 10 nitrogen and oxygen atoms in total. The Morgan fingerprint density at radius 2 is 1.89 bits per heavy atom. The maximum Gasteiger partial charge on any atom is 0.256 e. The van der Waals surface area contributed by atoms with Gasteiger partial charge in [-0.05, 0) is 55.8 Å². The zero-order valence-electron chi connectivity index (χ0n) is 20.9. The van der Waals surface area contributed by atoms with Gasteiger partial charge in [-0.2, -0.15) is 4.98 Å². The molecular formula is C27H32N8O2. The summed E-state index contributed by atoms with van der Waals surface area (Å²) in [5, 5.41) is 19.4. The summed E-state index contributed by atoms with van der Waals surface area (Å²) in [5.74, 6) is 0.828. The second kappa shape index (κ2) is 10.9. The van der Waals surface area contributed by atoms with Crippen molar-refractivity contribution in [3.63, 3.8) is 0 Å². The summed E-state index contributed by atoms with van der Waals surface area (Å²) in [5.41, 5.74) is 4.00. The van der Waals surface area contributed by atoms with Gasteiger partial charge in [0.2, 0.25) is 5.95 Å². The predicted octanol–water partition coefficient (Wildman–Crippen LogP) is 3.01. The fourth-order valence-electron chi connectivity index (χ4n) is 4.54. The minimum atomic E-state index is -0.580. The number of nitrogens with zero attached hydrogens (tertiary/aromatic N) is 5. The number of hydrogen-bond acceptors (Lipinski definition) is 9. The molecule has 1 fully saturated rings. The maximum absolute atomic E-state index is 12.8. The van der Waals surface area contributed by atoms with E-state index in [4.69, 9.17) is 0 Å². The van der Waals surface area contributed by atoms with E-state index in [1.807, 2.05) is 24.3 Å². The van der Waals surface area contributed by atoms with Crippen LogP contribution in [0.2, 0.25) is 0 Å². The maximum atomic E-state index is 12.8. The number of rotatable bonds is 8. The monoisotopic (exact) mass is 500 g/mol. The number of aliphatic hydroxyl groups is 1. The Morgan fingerprint density at radius 3 is 2.65 bits per heavy atom. The third kappa shape index (κ3) is 5.71. The fraction of sp³-hybridized carbons (Fsp3) is 0.333. The number of carbonyl (C=O) groups is 1. The lowest BCUT2D eigenvalue weighted by molar-refractivity contribution is 0.0958. The molecule has 10 heteroatoms. The number of pyridine rings is 1. The molecule has 5 rings (SSSR count). The van der Waals surface area contributed by atoms with Gasteiger partial charge in [-0.25, -0.2) is 9.97 Å². The zero-order chi connectivity index (χ0) is 25.8. The standard InChI is InChI=1S/C27H32N8O2/c1-3-12-28-26(37)21-17-29-27(30-19-6-8-20(9-7-19)35-15-13-34(2)14-16-35)33-25(21)32-23-11-5-18-4-10-22(36)24(18)31-23/h3,5-9,11,17,22,36H,1,4,10,12-16H2,2H3,(H,28,37)(H2,29,30,31,32,33). The molecule has 0 saturated carbocycles. The van der Waals surface area contributed by atoms with Gasteiger partial charge < -0.3 is 30.9 Å². The first-order valence-electron chi connectivity index (χ1n) is 12.5. The molecule has 1 saturated heterocycles. The summed E-state index contributed by atoms with van der Waals surface area (Å²) >= 11 is 0. The average Bonchev–Trinajstić information content (AvgIpc) is 3.28. The van der Waals surface area contributed by atoms with E-state index in [1.54, 1.807) is 6.08 Å². The number of aryl methyl sites for hydroxylation is 1. The van der Waals surface area contributed by atoms with Crippen LogP contribution in [0.5, 0.6) is 0 Å². The Bertz CT molecular complexity index is 1270. The summed E-state index contributed by atoms with van der Waals surface area (Å²) in [7, 11) is 2.14. The summed E-state index contributed by atoms with van der Waals surface area (Å²) in [6.45, 7) is 8.08. The molecule has 1 aliphatic carbocycles. The van der Waals surface area contributed by atoms with Gasteiger partial charge in [-0.3, -0.25) is 4.79 Å². The van der Waals surface area contributed by atoms with Gasteiger partial charge in [-0.1, -0.05) is 12.1 Å². The minimum absolute atomic E-state index is 0.278. The van der Waals surface area contributed by atoms with E-state index in [1.165, 1.54) is 11.9 Å². The van der Waals surface area contributed by atoms with Crippen molar-refractivity contribution in [2.45, 2.75) is 18.9 Å². The van der Waals surface area contributed by atoms with Crippen molar-refractivity contribution < 1.29 is 9.90 Å². The number of fused-ring (bicyclic) bond motifs is 1. The van der Waals surface area contributed by atoms with Crippen LogP contribution >= 0.6 is 0 Å². The predicted molar refractivity (Wildman–Crippen MR) is 145 cm³/mol. The Balaban J connectivity index is 1.36. The van der Waals surface area contributed by atoms with Crippen LogP contribution in [0.3, 0.4) is 0 Å². The van der Waals surface area contributed by atoms with Crippen LogP contribution in [0.4, 0.5) is 29.0 Å². The number of likely N-dealkylation sites (N-methyl/N-ethyl adjacent to an activating group) is 1. The van der Waals surface area contributed by atoms with E-state index in [-0.39, 0.29) is 11.5 Å². The van der Waals surface area contributed by atoms with E-state index in [9.17, 15) is 9.90 Å². The number of hydrogen-bond donors (Lipinski definition) is 4. The minimum Gasteiger partial charge on any atom is -0.387 e. The van der Waals surface area contributed by atoms with E-state index in [0.717, 1.165) is 43.9 Å². The Hall–Kier alpha value is -4.02. The number of amides is 1. The highest BCUT2D eigenvalue weighted by Crippen LogP contribution is 2.31. The zero-order valence-corrected chi connectivity index (χ0v) is 20.9. The molecule has 1 atom stereocenters. The first-order chi connectivity index (χ1) is 18.0. The first-order valence-corrected chi connectivity index (χ1v) is 12.5. The second-order valence-corrected chi connectivity index (χ2v) is 9.34. The smallest absolute Gasteiger partial charge is 0.256 e. The first kappa shape index (κ1) is 24.7. The number of aromatic nitrogens is 3. The Kier molecular flexibility index (Phi) is 7.29.